The van der Waals surface area contributed by atoms with Crippen LogP contribution in [0.5, 0.6) is 5.75 Å². The third kappa shape index (κ3) is 4.10. The van der Waals surface area contributed by atoms with Crippen molar-refractivity contribution in [3.05, 3.63) is 64.7 Å². The first-order valence-corrected chi connectivity index (χ1v) is 6.95. The van der Waals surface area contributed by atoms with Gasteiger partial charge < -0.3 is 4.74 Å². The monoisotopic (exact) mass is 288 g/mol. The van der Waals surface area contributed by atoms with Crippen LogP contribution in [0.1, 0.15) is 17.5 Å². The molecule has 0 heterocycles. The first-order valence-electron chi connectivity index (χ1n) is 6.57. The minimum atomic E-state index is 0.203. The molecular formula is C17H17ClO2. The van der Waals surface area contributed by atoms with Gasteiger partial charge in [-0.05, 0) is 35.7 Å². The lowest BCUT2D eigenvalue weighted by molar-refractivity contribution is -0.118. The van der Waals surface area contributed by atoms with E-state index in [2.05, 4.69) is 0 Å². The van der Waals surface area contributed by atoms with Crippen LogP contribution in [0.15, 0.2) is 48.5 Å². The first kappa shape index (κ1) is 14.6. The fourth-order valence-electron chi connectivity index (χ4n) is 2.02. The lowest BCUT2D eigenvalue weighted by Gasteiger charge is -2.05. The number of ketones is 1. The van der Waals surface area contributed by atoms with Crippen LogP contribution in [-0.4, -0.2) is 12.9 Å². The molecule has 20 heavy (non-hydrogen) atoms. The minimum absolute atomic E-state index is 0.203. The number of carbonyl (C=O) groups is 1. The molecule has 2 aromatic carbocycles. The van der Waals surface area contributed by atoms with Gasteiger partial charge in [-0.1, -0.05) is 41.9 Å². The standard InChI is InChI=1S/C17H17ClO2/c1-20-16-10-7-13(8-11-16)6-9-15(19)12-14-4-2-3-5-17(14)18/h2-5,7-8,10-11H,6,9,12H2,1H3. The summed E-state index contributed by atoms with van der Waals surface area (Å²) < 4.78 is 5.11. The van der Waals surface area contributed by atoms with Gasteiger partial charge in [-0.3, -0.25) is 4.79 Å². The van der Waals surface area contributed by atoms with Gasteiger partial charge >= 0.3 is 0 Å². The molecule has 0 amide bonds. The van der Waals surface area contributed by atoms with E-state index in [0.717, 1.165) is 23.3 Å². The number of aryl methyl sites for hydroxylation is 1. The van der Waals surface area contributed by atoms with E-state index in [4.69, 9.17) is 16.3 Å². The molecule has 3 heteroatoms. The van der Waals surface area contributed by atoms with Crippen LogP contribution >= 0.6 is 11.6 Å². The molecule has 0 aromatic heterocycles. The average molecular weight is 289 g/mol. The fraction of sp³-hybridized carbons (Fsp3) is 0.235. The smallest absolute Gasteiger partial charge is 0.137 e. The van der Waals surface area contributed by atoms with Crippen molar-refractivity contribution < 1.29 is 9.53 Å². The van der Waals surface area contributed by atoms with Gasteiger partial charge in [0, 0.05) is 17.9 Å². The predicted molar refractivity (Wildman–Crippen MR) is 81.5 cm³/mol. The van der Waals surface area contributed by atoms with Crippen molar-refractivity contribution in [2.24, 2.45) is 0 Å². The van der Waals surface area contributed by atoms with Gasteiger partial charge in [-0.2, -0.15) is 0 Å². The summed E-state index contributed by atoms with van der Waals surface area (Å²) in [6, 6.07) is 15.3. The number of rotatable bonds is 6. The van der Waals surface area contributed by atoms with E-state index in [-0.39, 0.29) is 5.78 Å². The van der Waals surface area contributed by atoms with Crippen LogP contribution in [0.2, 0.25) is 5.02 Å². The second kappa shape index (κ2) is 7.11. The average Bonchev–Trinajstić information content (AvgIpc) is 2.48. The fourth-order valence-corrected chi connectivity index (χ4v) is 2.22. The zero-order valence-electron chi connectivity index (χ0n) is 11.4. The maximum absolute atomic E-state index is 12.0. The molecule has 2 nitrogen and oxygen atoms in total. The zero-order valence-corrected chi connectivity index (χ0v) is 12.2. The van der Waals surface area contributed by atoms with E-state index in [9.17, 15) is 4.79 Å². The van der Waals surface area contributed by atoms with E-state index in [1.807, 2.05) is 48.5 Å². The van der Waals surface area contributed by atoms with Crippen molar-refractivity contribution >= 4 is 17.4 Å². The number of ether oxygens (including phenoxy) is 1. The Morgan fingerprint density at radius 3 is 2.45 bits per heavy atom. The maximum atomic E-state index is 12.0. The molecule has 0 atom stereocenters. The van der Waals surface area contributed by atoms with Crippen molar-refractivity contribution in [1.29, 1.82) is 0 Å². The highest BCUT2D eigenvalue weighted by Gasteiger charge is 2.07. The molecule has 0 aliphatic rings. The Bertz CT molecular complexity index is 576. The maximum Gasteiger partial charge on any atom is 0.137 e. The lowest BCUT2D eigenvalue weighted by atomic mass is 10.0. The van der Waals surface area contributed by atoms with Gasteiger partial charge in [-0.15, -0.1) is 0 Å². The Morgan fingerprint density at radius 2 is 1.80 bits per heavy atom. The first-order chi connectivity index (χ1) is 9.69. The number of hydrogen-bond acceptors (Lipinski definition) is 2. The molecule has 0 saturated heterocycles. The molecule has 0 saturated carbocycles. The SMILES string of the molecule is COc1ccc(CCC(=O)Cc2ccccc2Cl)cc1. The Hall–Kier alpha value is -1.80. The molecule has 2 aromatic rings. The van der Waals surface area contributed by atoms with Crippen LogP contribution in [-0.2, 0) is 17.6 Å². The number of benzene rings is 2. The van der Waals surface area contributed by atoms with Crippen molar-refractivity contribution in [2.75, 3.05) is 7.11 Å². The van der Waals surface area contributed by atoms with Crippen LogP contribution in [0.4, 0.5) is 0 Å². The van der Waals surface area contributed by atoms with Gasteiger partial charge in [0.15, 0.2) is 0 Å². The molecule has 0 aliphatic heterocycles. The summed E-state index contributed by atoms with van der Waals surface area (Å²) >= 11 is 6.05. The summed E-state index contributed by atoms with van der Waals surface area (Å²) in [5.74, 6) is 1.03. The third-order valence-electron chi connectivity index (χ3n) is 3.20. The molecule has 0 unspecified atom stereocenters. The predicted octanol–water partition coefficient (Wildman–Crippen LogP) is 4.09. The topological polar surface area (TPSA) is 26.3 Å². The number of carbonyl (C=O) groups excluding carboxylic acids is 1. The van der Waals surface area contributed by atoms with E-state index in [0.29, 0.717) is 17.9 Å². The summed E-state index contributed by atoms with van der Waals surface area (Å²) in [5, 5.41) is 0.658. The Morgan fingerprint density at radius 1 is 1.10 bits per heavy atom. The summed E-state index contributed by atoms with van der Waals surface area (Å²) in [4.78, 5) is 12.0. The normalized spacial score (nSPS) is 10.3. The molecule has 0 N–H and O–H groups in total. The van der Waals surface area contributed by atoms with E-state index < -0.39 is 0 Å². The van der Waals surface area contributed by atoms with Crippen LogP contribution in [0.25, 0.3) is 0 Å². The van der Waals surface area contributed by atoms with E-state index in [1.165, 1.54) is 0 Å². The highest BCUT2D eigenvalue weighted by Crippen LogP contribution is 2.17. The Balaban J connectivity index is 1.87. The van der Waals surface area contributed by atoms with Crippen LogP contribution in [0.3, 0.4) is 0 Å². The second-order valence-corrected chi connectivity index (χ2v) is 5.06. The molecular weight excluding hydrogens is 272 g/mol. The molecule has 2 rings (SSSR count). The van der Waals surface area contributed by atoms with E-state index in [1.54, 1.807) is 7.11 Å². The summed E-state index contributed by atoms with van der Waals surface area (Å²) in [6.45, 7) is 0. The van der Waals surface area contributed by atoms with Crippen molar-refractivity contribution in [3.8, 4) is 5.75 Å². The van der Waals surface area contributed by atoms with Crippen LogP contribution in [0, 0.1) is 0 Å². The van der Waals surface area contributed by atoms with Gasteiger partial charge in [0.25, 0.3) is 0 Å². The zero-order chi connectivity index (χ0) is 14.4. The Labute approximate surface area is 124 Å². The van der Waals surface area contributed by atoms with Crippen molar-refractivity contribution in [2.45, 2.75) is 19.3 Å². The summed E-state index contributed by atoms with van der Waals surface area (Å²) in [6.07, 6.45) is 1.67. The number of hydrogen-bond donors (Lipinski definition) is 0. The Kier molecular flexibility index (Phi) is 5.19. The third-order valence-corrected chi connectivity index (χ3v) is 3.57. The number of Topliss-reactive ketones (excluding diaryl/α,β-unsaturated/α-hetero) is 1. The van der Waals surface area contributed by atoms with Crippen LogP contribution < -0.4 is 4.74 Å². The van der Waals surface area contributed by atoms with E-state index >= 15 is 0 Å². The van der Waals surface area contributed by atoms with Crippen molar-refractivity contribution in [1.82, 2.24) is 0 Å². The van der Waals surface area contributed by atoms with Gasteiger partial charge in [0.05, 0.1) is 7.11 Å². The lowest BCUT2D eigenvalue weighted by Crippen LogP contribution is -2.04. The molecule has 0 aliphatic carbocycles. The molecule has 0 spiro atoms. The summed E-state index contributed by atoms with van der Waals surface area (Å²) in [5.41, 5.74) is 2.03. The van der Waals surface area contributed by atoms with Gasteiger partial charge in [0.1, 0.15) is 11.5 Å². The molecule has 0 radical (unpaired) electrons. The highest BCUT2D eigenvalue weighted by molar-refractivity contribution is 6.31. The molecule has 104 valence electrons. The largest absolute Gasteiger partial charge is 0.497 e. The quantitative estimate of drug-likeness (QED) is 0.800. The molecule has 0 bridgehead atoms. The second-order valence-electron chi connectivity index (χ2n) is 4.65. The van der Waals surface area contributed by atoms with Gasteiger partial charge in [0.2, 0.25) is 0 Å². The van der Waals surface area contributed by atoms with Gasteiger partial charge in [-0.25, -0.2) is 0 Å². The number of halogens is 1. The summed E-state index contributed by atoms with van der Waals surface area (Å²) in [7, 11) is 1.64. The number of methoxy groups -OCH3 is 1. The minimum Gasteiger partial charge on any atom is -0.497 e. The highest BCUT2D eigenvalue weighted by atomic mass is 35.5. The van der Waals surface area contributed by atoms with Crippen molar-refractivity contribution in [3.63, 3.8) is 0 Å². The molecule has 0 fully saturated rings.